The van der Waals surface area contributed by atoms with Crippen LogP contribution in [0.3, 0.4) is 0 Å². The van der Waals surface area contributed by atoms with E-state index in [-0.39, 0.29) is 18.3 Å². The predicted molar refractivity (Wildman–Crippen MR) is 111 cm³/mol. The van der Waals surface area contributed by atoms with E-state index in [1.54, 1.807) is 11.3 Å². The van der Waals surface area contributed by atoms with Gasteiger partial charge in [-0.05, 0) is 30.5 Å². The molecule has 0 atom stereocenters. The summed E-state index contributed by atoms with van der Waals surface area (Å²) in [6.45, 7) is 9.21. The number of carbonyl (C=O) groups excluding carboxylic acids is 1. The van der Waals surface area contributed by atoms with Gasteiger partial charge < -0.3 is 4.74 Å². The third-order valence-electron chi connectivity index (χ3n) is 4.59. The van der Waals surface area contributed by atoms with E-state index in [1.807, 2.05) is 11.8 Å². The fraction of sp³-hybridized carbons (Fsp3) is 0.579. The number of ether oxygens (including phenoxy) is 1. The van der Waals surface area contributed by atoms with Gasteiger partial charge in [-0.15, -0.1) is 12.4 Å². The Morgan fingerprint density at radius 2 is 2.08 bits per heavy atom. The van der Waals surface area contributed by atoms with Gasteiger partial charge >= 0.3 is 0 Å². The predicted octanol–water partition coefficient (Wildman–Crippen LogP) is 3.75. The van der Waals surface area contributed by atoms with Gasteiger partial charge in [0.1, 0.15) is 0 Å². The normalized spacial score (nSPS) is 15.0. The number of nitrogens with zero attached hydrogens (tertiary/aromatic N) is 3. The maximum absolute atomic E-state index is 12.7. The smallest absolute Gasteiger partial charge is 0.228 e. The molecule has 144 valence electrons. The number of benzene rings is 1. The average molecular weight is 398 g/mol. The molecule has 26 heavy (non-hydrogen) atoms. The highest BCUT2D eigenvalue weighted by atomic mass is 35.5. The maximum Gasteiger partial charge on any atom is 0.228 e. The van der Waals surface area contributed by atoms with Crippen molar-refractivity contribution < 1.29 is 9.53 Å². The van der Waals surface area contributed by atoms with Crippen LogP contribution in [-0.2, 0) is 16.0 Å². The molecule has 0 saturated carbocycles. The highest BCUT2D eigenvalue weighted by Crippen LogP contribution is 2.30. The lowest BCUT2D eigenvalue weighted by atomic mass is 10.2. The first-order chi connectivity index (χ1) is 12.2. The van der Waals surface area contributed by atoms with E-state index in [9.17, 15) is 4.79 Å². The van der Waals surface area contributed by atoms with Crippen molar-refractivity contribution in [2.75, 3.05) is 44.3 Å². The van der Waals surface area contributed by atoms with Crippen molar-refractivity contribution >= 4 is 45.0 Å². The molecule has 1 aromatic carbocycles. The molecule has 1 fully saturated rings. The number of rotatable bonds is 7. The Balaban J connectivity index is 0.00000243. The number of anilines is 1. The molecule has 7 heteroatoms. The van der Waals surface area contributed by atoms with Crippen LogP contribution in [-0.4, -0.2) is 55.2 Å². The van der Waals surface area contributed by atoms with Crippen LogP contribution in [0.2, 0.25) is 0 Å². The second-order valence-electron chi connectivity index (χ2n) is 6.40. The maximum atomic E-state index is 12.7. The van der Waals surface area contributed by atoms with E-state index in [0.29, 0.717) is 13.0 Å². The van der Waals surface area contributed by atoms with Crippen molar-refractivity contribution in [3.63, 3.8) is 0 Å². The topological polar surface area (TPSA) is 45.7 Å². The lowest BCUT2D eigenvalue weighted by Gasteiger charge is -2.29. The number of halogens is 1. The number of hydrogen-bond acceptors (Lipinski definition) is 5. The number of aromatic nitrogens is 1. The van der Waals surface area contributed by atoms with Gasteiger partial charge in [0.2, 0.25) is 5.91 Å². The average Bonchev–Trinajstić information content (AvgIpc) is 3.05. The van der Waals surface area contributed by atoms with E-state index >= 15 is 0 Å². The van der Waals surface area contributed by atoms with Gasteiger partial charge in [-0.25, -0.2) is 4.98 Å². The Morgan fingerprint density at radius 1 is 1.31 bits per heavy atom. The highest BCUT2D eigenvalue weighted by molar-refractivity contribution is 7.22. The zero-order chi connectivity index (χ0) is 17.6. The summed E-state index contributed by atoms with van der Waals surface area (Å²) in [6.07, 6.45) is 2.44. The molecule has 0 aliphatic carbocycles. The van der Waals surface area contributed by atoms with Crippen LogP contribution in [0.15, 0.2) is 18.2 Å². The Kier molecular flexibility index (Phi) is 8.28. The molecule has 0 unspecified atom stereocenters. The zero-order valence-corrected chi connectivity index (χ0v) is 17.2. The number of fused-ring (bicyclic) bond motifs is 1. The molecule has 0 N–H and O–H groups in total. The quantitative estimate of drug-likeness (QED) is 0.713. The van der Waals surface area contributed by atoms with E-state index in [0.717, 1.165) is 61.0 Å². The monoisotopic (exact) mass is 397 g/mol. The second-order valence-corrected chi connectivity index (χ2v) is 7.41. The fourth-order valence-corrected chi connectivity index (χ4v) is 4.11. The summed E-state index contributed by atoms with van der Waals surface area (Å²) in [5.41, 5.74) is 2.29. The van der Waals surface area contributed by atoms with Crippen molar-refractivity contribution in [1.29, 1.82) is 0 Å². The lowest BCUT2D eigenvalue weighted by molar-refractivity contribution is -0.118. The van der Waals surface area contributed by atoms with E-state index < -0.39 is 0 Å². The first-order valence-electron chi connectivity index (χ1n) is 9.21. The molecule has 2 heterocycles. The van der Waals surface area contributed by atoms with E-state index in [1.165, 1.54) is 5.56 Å². The van der Waals surface area contributed by atoms with Crippen LogP contribution in [0.5, 0.6) is 0 Å². The minimum absolute atomic E-state index is 0. The molecule has 1 aromatic heterocycles. The standard InChI is InChI=1S/C19H27N3O2S.ClH/c1-3-5-18(23)22(9-8-21-10-12-24-13-11-21)19-20-16-7-6-15(4-2)14-17(16)25-19;/h6-7,14H,3-5,8-13H2,1-2H3;1H. The minimum atomic E-state index is 0. The molecule has 0 bridgehead atoms. The van der Waals surface area contributed by atoms with Gasteiger partial charge in [0, 0.05) is 32.6 Å². The van der Waals surface area contributed by atoms with Crippen LogP contribution >= 0.6 is 23.7 Å². The highest BCUT2D eigenvalue weighted by Gasteiger charge is 2.21. The molecule has 3 rings (SSSR count). The van der Waals surface area contributed by atoms with Crippen LogP contribution in [0, 0.1) is 0 Å². The minimum Gasteiger partial charge on any atom is -0.379 e. The molecule has 2 aromatic rings. The summed E-state index contributed by atoms with van der Waals surface area (Å²) in [4.78, 5) is 21.6. The Labute approximate surface area is 165 Å². The molecule has 1 amide bonds. The van der Waals surface area contributed by atoms with Gasteiger partial charge in [-0.3, -0.25) is 14.6 Å². The van der Waals surface area contributed by atoms with Crippen LogP contribution in [0.25, 0.3) is 10.2 Å². The Bertz CT molecular complexity index is 716. The van der Waals surface area contributed by atoms with Crippen LogP contribution in [0.4, 0.5) is 5.13 Å². The van der Waals surface area contributed by atoms with E-state index in [2.05, 4.69) is 30.0 Å². The lowest BCUT2D eigenvalue weighted by Crippen LogP contribution is -2.43. The van der Waals surface area contributed by atoms with Crippen molar-refractivity contribution in [2.45, 2.75) is 33.1 Å². The second kappa shape index (κ2) is 10.2. The third-order valence-corrected chi connectivity index (χ3v) is 5.63. The number of carbonyl (C=O) groups is 1. The number of thiazole rings is 1. The van der Waals surface area contributed by atoms with Gasteiger partial charge in [-0.1, -0.05) is 31.3 Å². The first kappa shape index (κ1) is 21.1. The molecular formula is C19H28ClN3O2S. The van der Waals surface area contributed by atoms with Gasteiger partial charge in [0.05, 0.1) is 23.4 Å². The summed E-state index contributed by atoms with van der Waals surface area (Å²) in [5, 5.41) is 0.829. The van der Waals surface area contributed by atoms with Crippen molar-refractivity contribution in [2.24, 2.45) is 0 Å². The van der Waals surface area contributed by atoms with Crippen LogP contribution < -0.4 is 4.90 Å². The van der Waals surface area contributed by atoms with Crippen molar-refractivity contribution in [3.05, 3.63) is 23.8 Å². The largest absolute Gasteiger partial charge is 0.379 e. The number of amides is 1. The van der Waals surface area contributed by atoms with Gasteiger partial charge in [-0.2, -0.15) is 0 Å². The summed E-state index contributed by atoms with van der Waals surface area (Å²) in [7, 11) is 0. The van der Waals surface area contributed by atoms with Crippen LogP contribution in [0.1, 0.15) is 32.3 Å². The van der Waals surface area contributed by atoms with E-state index in [4.69, 9.17) is 9.72 Å². The summed E-state index contributed by atoms with van der Waals surface area (Å²) in [5.74, 6) is 0.172. The summed E-state index contributed by atoms with van der Waals surface area (Å²) < 4.78 is 6.57. The number of hydrogen-bond donors (Lipinski definition) is 0. The SMILES string of the molecule is CCCC(=O)N(CCN1CCOCC1)c1nc2ccc(CC)cc2s1.Cl. The van der Waals surface area contributed by atoms with Gasteiger partial charge in [0.15, 0.2) is 5.13 Å². The molecular weight excluding hydrogens is 370 g/mol. The fourth-order valence-electron chi connectivity index (χ4n) is 3.03. The van der Waals surface area contributed by atoms with Gasteiger partial charge in [0.25, 0.3) is 0 Å². The molecule has 1 aliphatic heterocycles. The Hall–Kier alpha value is -1.21. The summed E-state index contributed by atoms with van der Waals surface area (Å²) >= 11 is 1.63. The third kappa shape index (κ3) is 5.16. The number of morpholine rings is 1. The molecule has 0 spiro atoms. The van der Waals surface area contributed by atoms with Crippen molar-refractivity contribution in [1.82, 2.24) is 9.88 Å². The zero-order valence-electron chi connectivity index (χ0n) is 15.6. The summed E-state index contributed by atoms with van der Waals surface area (Å²) in [6, 6.07) is 6.39. The molecule has 0 radical (unpaired) electrons. The first-order valence-corrected chi connectivity index (χ1v) is 10.0. The number of aryl methyl sites for hydroxylation is 1. The molecule has 1 aliphatic rings. The molecule has 5 nitrogen and oxygen atoms in total. The Morgan fingerprint density at radius 3 is 2.77 bits per heavy atom. The van der Waals surface area contributed by atoms with Crippen molar-refractivity contribution in [3.8, 4) is 0 Å². The molecule has 1 saturated heterocycles.